The van der Waals surface area contributed by atoms with Crippen LogP contribution in [-0.2, 0) is 0 Å². The molecule has 0 aromatic heterocycles. The number of carbonyl (C=O) groups is 2. The molecule has 0 saturated carbocycles. The summed E-state index contributed by atoms with van der Waals surface area (Å²) in [6, 6.07) is 14.5. The molecular formula is C20H15NO3. The van der Waals surface area contributed by atoms with Gasteiger partial charge < -0.3 is 9.64 Å². The number of fused-ring (bicyclic) bond motifs is 1. The second-order valence-electron chi connectivity index (χ2n) is 5.68. The van der Waals surface area contributed by atoms with Crippen LogP contribution in [0.4, 0.5) is 5.69 Å². The van der Waals surface area contributed by atoms with Gasteiger partial charge in [-0.25, -0.2) is 0 Å². The van der Waals surface area contributed by atoms with Gasteiger partial charge in [-0.2, -0.15) is 0 Å². The number of methoxy groups -OCH3 is 1. The van der Waals surface area contributed by atoms with Crippen LogP contribution in [0.15, 0.2) is 72.0 Å². The van der Waals surface area contributed by atoms with Crippen molar-refractivity contribution in [3.63, 3.8) is 0 Å². The van der Waals surface area contributed by atoms with E-state index in [1.165, 1.54) is 0 Å². The summed E-state index contributed by atoms with van der Waals surface area (Å²) in [5, 5.41) is 0. The standard InChI is InChI=1S/C20H15NO3/c1-24-14-7-4-6-13(12-14)21-11-5-10-17-18(21)20(23)16-9-3-2-8-15(16)19(17)22/h2-10,12H,11H2,1H3. The van der Waals surface area contributed by atoms with Crippen LogP contribution in [0.3, 0.4) is 0 Å². The van der Waals surface area contributed by atoms with E-state index in [1.54, 1.807) is 37.5 Å². The Hall–Kier alpha value is -3.14. The lowest BCUT2D eigenvalue weighted by molar-refractivity contribution is 0.0974. The summed E-state index contributed by atoms with van der Waals surface area (Å²) >= 11 is 0. The van der Waals surface area contributed by atoms with Gasteiger partial charge >= 0.3 is 0 Å². The minimum Gasteiger partial charge on any atom is -0.497 e. The minimum absolute atomic E-state index is 0.107. The summed E-state index contributed by atoms with van der Waals surface area (Å²) in [6.07, 6.45) is 3.65. The highest BCUT2D eigenvalue weighted by molar-refractivity contribution is 6.29. The third-order valence-electron chi connectivity index (χ3n) is 4.34. The maximum atomic E-state index is 13.0. The van der Waals surface area contributed by atoms with Gasteiger partial charge in [-0.3, -0.25) is 9.59 Å². The molecule has 0 N–H and O–H groups in total. The zero-order valence-corrected chi connectivity index (χ0v) is 13.2. The number of anilines is 1. The molecule has 0 atom stereocenters. The van der Waals surface area contributed by atoms with Gasteiger partial charge in [0.2, 0.25) is 5.78 Å². The minimum atomic E-state index is -0.118. The number of benzene rings is 2. The molecule has 118 valence electrons. The highest BCUT2D eigenvalue weighted by Crippen LogP contribution is 2.34. The molecule has 0 spiro atoms. The number of hydrogen-bond acceptors (Lipinski definition) is 4. The molecule has 4 rings (SSSR count). The van der Waals surface area contributed by atoms with Gasteiger partial charge in [0.25, 0.3) is 0 Å². The smallest absolute Gasteiger partial charge is 0.210 e. The van der Waals surface area contributed by atoms with Gasteiger partial charge in [-0.05, 0) is 12.1 Å². The lowest BCUT2D eigenvalue weighted by Crippen LogP contribution is -2.36. The van der Waals surface area contributed by atoms with Crippen LogP contribution in [-0.4, -0.2) is 25.2 Å². The number of hydrogen-bond donors (Lipinski definition) is 0. The molecular weight excluding hydrogens is 302 g/mol. The van der Waals surface area contributed by atoms with E-state index in [0.717, 1.165) is 5.69 Å². The topological polar surface area (TPSA) is 46.6 Å². The first-order chi connectivity index (χ1) is 11.7. The van der Waals surface area contributed by atoms with Gasteiger partial charge in [0, 0.05) is 29.4 Å². The van der Waals surface area contributed by atoms with E-state index in [2.05, 4.69) is 0 Å². The van der Waals surface area contributed by atoms with Crippen molar-refractivity contribution in [2.24, 2.45) is 0 Å². The molecule has 4 nitrogen and oxygen atoms in total. The first kappa shape index (κ1) is 14.5. The van der Waals surface area contributed by atoms with Crippen molar-refractivity contribution in [2.75, 3.05) is 18.6 Å². The Kier molecular flexibility index (Phi) is 3.31. The lowest BCUT2D eigenvalue weighted by Gasteiger charge is -2.32. The fraction of sp³-hybridized carbons (Fsp3) is 0.100. The fourth-order valence-corrected chi connectivity index (χ4v) is 3.18. The fourth-order valence-electron chi connectivity index (χ4n) is 3.18. The van der Waals surface area contributed by atoms with E-state index in [4.69, 9.17) is 4.74 Å². The van der Waals surface area contributed by atoms with Crippen LogP contribution in [0.2, 0.25) is 0 Å². The normalized spacial score (nSPS) is 16.1. The summed E-state index contributed by atoms with van der Waals surface area (Å²) in [5.74, 6) is 0.482. The van der Waals surface area contributed by atoms with Crippen LogP contribution in [0, 0.1) is 0 Å². The van der Waals surface area contributed by atoms with Gasteiger partial charge in [0.15, 0.2) is 5.78 Å². The Morgan fingerprint density at radius 3 is 2.46 bits per heavy atom. The lowest BCUT2D eigenvalue weighted by atomic mass is 9.85. The zero-order chi connectivity index (χ0) is 16.7. The van der Waals surface area contributed by atoms with E-state index >= 15 is 0 Å². The predicted octanol–water partition coefficient (Wildman–Crippen LogP) is 3.40. The number of rotatable bonds is 2. The second kappa shape index (κ2) is 5.49. The third kappa shape index (κ3) is 2.07. The summed E-state index contributed by atoms with van der Waals surface area (Å²) in [4.78, 5) is 27.7. The maximum Gasteiger partial charge on any atom is 0.210 e. The van der Waals surface area contributed by atoms with Crippen LogP contribution in [0.1, 0.15) is 20.7 Å². The van der Waals surface area contributed by atoms with Crippen molar-refractivity contribution >= 4 is 17.3 Å². The molecule has 1 aliphatic carbocycles. The van der Waals surface area contributed by atoms with Crippen molar-refractivity contribution in [2.45, 2.75) is 0 Å². The summed E-state index contributed by atoms with van der Waals surface area (Å²) in [6.45, 7) is 0.535. The largest absolute Gasteiger partial charge is 0.497 e. The van der Waals surface area contributed by atoms with Gasteiger partial charge in [0.1, 0.15) is 11.4 Å². The Bertz CT molecular complexity index is 924. The molecule has 0 unspecified atom stereocenters. The van der Waals surface area contributed by atoms with Crippen molar-refractivity contribution in [1.29, 1.82) is 0 Å². The summed E-state index contributed by atoms with van der Waals surface area (Å²) in [5.41, 5.74) is 2.65. The van der Waals surface area contributed by atoms with Crippen molar-refractivity contribution in [3.05, 3.63) is 83.1 Å². The quantitative estimate of drug-likeness (QED) is 0.851. The number of allylic oxidation sites excluding steroid dienone is 3. The summed E-state index contributed by atoms with van der Waals surface area (Å²) in [7, 11) is 1.60. The molecule has 0 fully saturated rings. The molecule has 2 aromatic carbocycles. The molecule has 24 heavy (non-hydrogen) atoms. The van der Waals surface area contributed by atoms with E-state index in [1.807, 2.05) is 35.2 Å². The monoisotopic (exact) mass is 317 g/mol. The zero-order valence-electron chi connectivity index (χ0n) is 13.2. The average Bonchev–Trinajstić information content (AvgIpc) is 2.65. The highest BCUT2D eigenvalue weighted by Gasteiger charge is 2.35. The van der Waals surface area contributed by atoms with Gasteiger partial charge in [-0.1, -0.05) is 42.5 Å². The molecule has 0 saturated heterocycles. The van der Waals surface area contributed by atoms with E-state index in [0.29, 0.717) is 34.7 Å². The first-order valence-electron chi connectivity index (χ1n) is 7.71. The second-order valence-corrected chi connectivity index (χ2v) is 5.68. The molecule has 0 radical (unpaired) electrons. The molecule has 1 heterocycles. The SMILES string of the molecule is COc1cccc(N2CC=CC3=C2C(=O)c2ccccc2C3=O)c1. The Morgan fingerprint density at radius 2 is 1.71 bits per heavy atom. The van der Waals surface area contributed by atoms with Gasteiger partial charge in [-0.15, -0.1) is 0 Å². The average molecular weight is 317 g/mol. The van der Waals surface area contributed by atoms with Crippen molar-refractivity contribution in [3.8, 4) is 5.75 Å². The van der Waals surface area contributed by atoms with E-state index < -0.39 is 0 Å². The Labute approximate surface area is 139 Å². The molecule has 2 aliphatic rings. The van der Waals surface area contributed by atoms with E-state index in [-0.39, 0.29) is 11.6 Å². The maximum absolute atomic E-state index is 13.0. The number of nitrogens with zero attached hydrogens (tertiary/aromatic N) is 1. The van der Waals surface area contributed by atoms with E-state index in [9.17, 15) is 9.59 Å². The van der Waals surface area contributed by atoms with Crippen molar-refractivity contribution in [1.82, 2.24) is 0 Å². The number of carbonyl (C=O) groups excluding carboxylic acids is 2. The van der Waals surface area contributed by atoms with Gasteiger partial charge in [0.05, 0.1) is 12.7 Å². The number of ether oxygens (including phenoxy) is 1. The molecule has 0 amide bonds. The van der Waals surface area contributed by atoms with Crippen LogP contribution < -0.4 is 9.64 Å². The van der Waals surface area contributed by atoms with Crippen LogP contribution in [0.5, 0.6) is 5.75 Å². The predicted molar refractivity (Wildman–Crippen MR) is 91.6 cm³/mol. The Balaban J connectivity index is 1.87. The van der Waals surface area contributed by atoms with Crippen LogP contribution in [0.25, 0.3) is 0 Å². The third-order valence-corrected chi connectivity index (χ3v) is 4.34. The molecule has 2 aromatic rings. The molecule has 1 aliphatic heterocycles. The number of ketones is 2. The number of Topliss-reactive ketones (excluding diaryl/α,β-unsaturated/α-hetero) is 2. The highest BCUT2D eigenvalue weighted by atomic mass is 16.5. The molecule has 4 heteroatoms. The van der Waals surface area contributed by atoms with Crippen LogP contribution >= 0.6 is 0 Å². The summed E-state index contributed by atoms with van der Waals surface area (Å²) < 4.78 is 5.27. The molecule has 0 bridgehead atoms. The van der Waals surface area contributed by atoms with Crippen molar-refractivity contribution < 1.29 is 14.3 Å². The Morgan fingerprint density at radius 1 is 0.958 bits per heavy atom. The first-order valence-corrected chi connectivity index (χ1v) is 7.71.